The van der Waals surface area contributed by atoms with Crippen LogP contribution in [0.2, 0.25) is 0 Å². The molecule has 0 saturated carbocycles. The molecule has 0 amide bonds. The zero-order valence-corrected chi connectivity index (χ0v) is 8.03. The Bertz CT molecular complexity index is 350. The summed E-state index contributed by atoms with van der Waals surface area (Å²) in [4.78, 5) is 10.9. The van der Waals surface area contributed by atoms with Crippen LogP contribution in [0.5, 0.6) is 0 Å². The summed E-state index contributed by atoms with van der Waals surface area (Å²) in [5.74, 6) is -0.969. The van der Waals surface area contributed by atoms with Crippen molar-refractivity contribution < 1.29 is 9.90 Å². The maximum Gasteiger partial charge on any atom is 0.336 e. The SMILES string of the molecule is CCC(N)c1cc(N)ccc1C(=O)O. The van der Waals surface area contributed by atoms with E-state index in [1.54, 1.807) is 12.1 Å². The average Bonchev–Trinajstić information content (AvgIpc) is 2.16. The smallest absolute Gasteiger partial charge is 0.336 e. The number of benzene rings is 1. The highest BCUT2D eigenvalue weighted by Gasteiger charge is 2.14. The maximum absolute atomic E-state index is 10.9. The third kappa shape index (κ3) is 2.03. The molecule has 0 aliphatic carbocycles. The van der Waals surface area contributed by atoms with Crippen molar-refractivity contribution in [3.05, 3.63) is 29.3 Å². The van der Waals surface area contributed by atoms with Gasteiger partial charge in [0.05, 0.1) is 5.56 Å². The lowest BCUT2D eigenvalue weighted by Gasteiger charge is -2.12. The van der Waals surface area contributed by atoms with E-state index < -0.39 is 5.97 Å². The van der Waals surface area contributed by atoms with Gasteiger partial charge in [-0.25, -0.2) is 4.79 Å². The van der Waals surface area contributed by atoms with E-state index in [0.29, 0.717) is 17.7 Å². The summed E-state index contributed by atoms with van der Waals surface area (Å²) in [5, 5.41) is 8.90. The molecule has 0 fully saturated rings. The molecule has 1 unspecified atom stereocenters. The largest absolute Gasteiger partial charge is 0.478 e. The molecule has 5 N–H and O–H groups in total. The van der Waals surface area contributed by atoms with Crippen LogP contribution in [0, 0.1) is 0 Å². The van der Waals surface area contributed by atoms with Gasteiger partial charge in [-0.2, -0.15) is 0 Å². The summed E-state index contributed by atoms with van der Waals surface area (Å²) in [7, 11) is 0. The highest BCUT2D eigenvalue weighted by Crippen LogP contribution is 2.21. The molecule has 4 nitrogen and oxygen atoms in total. The Kier molecular flexibility index (Phi) is 3.09. The third-order valence-electron chi connectivity index (χ3n) is 2.15. The van der Waals surface area contributed by atoms with E-state index in [-0.39, 0.29) is 11.6 Å². The second-order valence-electron chi connectivity index (χ2n) is 3.17. The van der Waals surface area contributed by atoms with Crippen LogP contribution in [0.15, 0.2) is 18.2 Å². The van der Waals surface area contributed by atoms with Crippen molar-refractivity contribution in [3.8, 4) is 0 Å². The van der Waals surface area contributed by atoms with Crippen molar-refractivity contribution in [1.29, 1.82) is 0 Å². The molecule has 1 aromatic rings. The number of carboxylic acids is 1. The van der Waals surface area contributed by atoms with E-state index in [4.69, 9.17) is 16.6 Å². The van der Waals surface area contributed by atoms with Gasteiger partial charge in [-0.1, -0.05) is 6.92 Å². The van der Waals surface area contributed by atoms with Crippen LogP contribution in [0.25, 0.3) is 0 Å². The first-order valence-corrected chi connectivity index (χ1v) is 4.44. The van der Waals surface area contributed by atoms with Gasteiger partial charge in [0.25, 0.3) is 0 Å². The predicted octanol–water partition coefficient (Wildman–Crippen LogP) is 1.38. The van der Waals surface area contributed by atoms with E-state index in [1.807, 2.05) is 6.92 Å². The van der Waals surface area contributed by atoms with Crippen LogP contribution in [0.4, 0.5) is 5.69 Å². The first kappa shape index (κ1) is 10.5. The monoisotopic (exact) mass is 194 g/mol. The van der Waals surface area contributed by atoms with Crippen molar-refractivity contribution in [2.75, 3.05) is 5.73 Å². The second kappa shape index (κ2) is 4.11. The number of nitrogen functional groups attached to an aromatic ring is 1. The number of aromatic carboxylic acids is 1. The summed E-state index contributed by atoms with van der Waals surface area (Å²) in [6.07, 6.45) is 0.684. The van der Waals surface area contributed by atoms with Gasteiger partial charge in [-0.3, -0.25) is 0 Å². The Balaban J connectivity index is 3.22. The molecule has 0 spiro atoms. The number of rotatable bonds is 3. The van der Waals surface area contributed by atoms with Gasteiger partial charge in [-0.05, 0) is 30.2 Å². The van der Waals surface area contributed by atoms with Crippen molar-refractivity contribution in [1.82, 2.24) is 0 Å². The minimum atomic E-state index is -0.969. The van der Waals surface area contributed by atoms with E-state index >= 15 is 0 Å². The molecule has 0 aromatic heterocycles. The van der Waals surface area contributed by atoms with Gasteiger partial charge in [-0.15, -0.1) is 0 Å². The minimum absolute atomic E-state index is 0.230. The number of nitrogens with two attached hydrogens (primary N) is 2. The topological polar surface area (TPSA) is 89.3 Å². The number of hydrogen-bond acceptors (Lipinski definition) is 3. The van der Waals surface area contributed by atoms with E-state index in [1.165, 1.54) is 6.07 Å². The molecule has 14 heavy (non-hydrogen) atoms. The third-order valence-corrected chi connectivity index (χ3v) is 2.15. The first-order chi connectivity index (χ1) is 6.56. The van der Waals surface area contributed by atoms with E-state index in [0.717, 1.165) is 0 Å². The summed E-state index contributed by atoms with van der Waals surface area (Å²) in [6, 6.07) is 4.40. The Hall–Kier alpha value is -1.55. The van der Waals surface area contributed by atoms with Crippen molar-refractivity contribution in [2.45, 2.75) is 19.4 Å². The van der Waals surface area contributed by atoms with Crippen LogP contribution in [0.3, 0.4) is 0 Å². The second-order valence-corrected chi connectivity index (χ2v) is 3.17. The van der Waals surface area contributed by atoms with Gasteiger partial charge in [0, 0.05) is 11.7 Å². The lowest BCUT2D eigenvalue weighted by molar-refractivity contribution is 0.0695. The highest BCUT2D eigenvalue weighted by molar-refractivity contribution is 5.90. The zero-order chi connectivity index (χ0) is 10.7. The molecule has 0 saturated heterocycles. The van der Waals surface area contributed by atoms with Crippen molar-refractivity contribution in [2.24, 2.45) is 5.73 Å². The van der Waals surface area contributed by atoms with Gasteiger partial charge in [0.15, 0.2) is 0 Å². The summed E-state index contributed by atoms with van der Waals surface area (Å²) in [5.41, 5.74) is 12.7. The molecule has 0 bridgehead atoms. The molecule has 1 rings (SSSR count). The van der Waals surface area contributed by atoms with Crippen LogP contribution < -0.4 is 11.5 Å². The van der Waals surface area contributed by atoms with E-state index in [2.05, 4.69) is 0 Å². The van der Waals surface area contributed by atoms with E-state index in [9.17, 15) is 4.79 Å². The number of hydrogen-bond donors (Lipinski definition) is 3. The number of carboxylic acid groups (broad SMARTS) is 1. The summed E-state index contributed by atoms with van der Waals surface area (Å²) < 4.78 is 0. The fourth-order valence-electron chi connectivity index (χ4n) is 1.30. The van der Waals surface area contributed by atoms with Gasteiger partial charge in [0.1, 0.15) is 0 Å². The highest BCUT2D eigenvalue weighted by atomic mass is 16.4. The molecule has 1 atom stereocenters. The first-order valence-electron chi connectivity index (χ1n) is 4.44. The lowest BCUT2D eigenvalue weighted by atomic mass is 9.98. The molecule has 1 aromatic carbocycles. The van der Waals surface area contributed by atoms with Crippen LogP contribution in [-0.2, 0) is 0 Å². The zero-order valence-electron chi connectivity index (χ0n) is 8.03. The fraction of sp³-hybridized carbons (Fsp3) is 0.300. The Morgan fingerprint density at radius 1 is 1.57 bits per heavy atom. The molecular weight excluding hydrogens is 180 g/mol. The maximum atomic E-state index is 10.9. The van der Waals surface area contributed by atoms with Gasteiger partial charge >= 0.3 is 5.97 Å². The van der Waals surface area contributed by atoms with Crippen molar-refractivity contribution >= 4 is 11.7 Å². The molecule has 0 radical (unpaired) electrons. The lowest BCUT2D eigenvalue weighted by Crippen LogP contribution is -2.14. The summed E-state index contributed by atoms with van der Waals surface area (Å²) >= 11 is 0. The predicted molar refractivity (Wildman–Crippen MR) is 55.0 cm³/mol. The van der Waals surface area contributed by atoms with Crippen LogP contribution in [0.1, 0.15) is 35.3 Å². The van der Waals surface area contributed by atoms with Crippen molar-refractivity contribution in [3.63, 3.8) is 0 Å². The average molecular weight is 194 g/mol. The Morgan fingerprint density at radius 3 is 2.71 bits per heavy atom. The molecule has 0 aliphatic rings. The Labute approximate surface area is 82.5 Å². The Morgan fingerprint density at radius 2 is 2.21 bits per heavy atom. The standard InChI is InChI=1S/C10H14N2O2/c1-2-9(12)8-5-6(11)3-4-7(8)10(13)14/h3-5,9H,2,11-12H2,1H3,(H,13,14). The number of carbonyl (C=O) groups is 1. The minimum Gasteiger partial charge on any atom is -0.478 e. The van der Waals surface area contributed by atoms with Crippen LogP contribution in [-0.4, -0.2) is 11.1 Å². The number of anilines is 1. The molecule has 76 valence electrons. The van der Waals surface area contributed by atoms with Crippen LogP contribution >= 0.6 is 0 Å². The molecular formula is C10H14N2O2. The fourth-order valence-corrected chi connectivity index (χ4v) is 1.30. The molecule has 0 aliphatic heterocycles. The molecule has 4 heteroatoms. The van der Waals surface area contributed by atoms with Gasteiger partial charge in [0.2, 0.25) is 0 Å². The molecule has 0 heterocycles. The quantitative estimate of drug-likeness (QED) is 0.634. The summed E-state index contributed by atoms with van der Waals surface area (Å²) in [6.45, 7) is 1.90. The normalized spacial score (nSPS) is 12.4. The van der Waals surface area contributed by atoms with Gasteiger partial charge < -0.3 is 16.6 Å².